The number of amides is 3. The van der Waals surface area contributed by atoms with Gasteiger partial charge >= 0.3 is 12.2 Å². The largest absolute Gasteiger partial charge is 0.542 e. The third-order valence-corrected chi connectivity index (χ3v) is 8.94. The first-order chi connectivity index (χ1) is 25.1. The molecule has 0 spiro atoms. The SMILES string of the molecule is CCc1nc(-c2ccc(NC(=O)N([C@@H]3CCC[N+](C)(Cc4ccc5c(c4)OCO5)C3)[C@@H](Cc3ccc(O)cc3)C(N)=O)cc2)no1.O=C([O-])C(F)(F)F. The summed E-state index contributed by atoms with van der Waals surface area (Å²) >= 11 is 0. The van der Waals surface area contributed by atoms with Gasteiger partial charge in [0, 0.05) is 29.7 Å². The number of hydrogen-bond donors (Lipinski definition) is 3. The van der Waals surface area contributed by atoms with E-state index < -0.39 is 30.1 Å². The van der Waals surface area contributed by atoms with Gasteiger partial charge in [-0.25, -0.2) is 4.79 Å². The highest BCUT2D eigenvalue weighted by Crippen LogP contribution is 2.34. The number of aryl methyl sites for hydroxylation is 1. The Morgan fingerprint density at radius 2 is 1.72 bits per heavy atom. The van der Waals surface area contributed by atoms with Crippen LogP contribution in [-0.4, -0.2) is 87.7 Å². The molecule has 0 bridgehead atoms. The van der Waals surface area contributed by atoms with Crippen LogP contribution in [0.1, 0.15) is 36.8 Å². The van der Waals surface area contributed by atoms with Crippen LogP contribution >= 0.6 is 0 Å². The van der Waals surface area contributed by atoms with E-state index >= 15 is 0 Å². The number of primary amides is 1. The minimum absolute atomic E-state index is 0.119. The van der Waals surface area contributed by atoms with Crippen LogP contribution in [0.5, 0.6) is 17.2 Å². The third-order valence-electron chi connectivity index (χ3n) is 8.94. The number of halogens is 3. The lowest BCUT2D eigenvalue weighted by atomic mass is 9.96. The fraction of sp³-hybridized carbons (Fsp3) is 0.361. The maximum atomic E-state index is 14.2. The molecule has 4 aromatic rings. The standard InChI is InChI=1S/C34H38N6O6.C2HF3O2/c1-3-31-37-33(38-46-31)24-9-11-25(12-10-24)36-34(43)39(28(32(35)42)17-22-6-13-27(41)14-7-22)26-5-4-16-40(2,20-26)19-23-8-15-29-30(18-23)45-21-44-29;3-2(4,5)1(6)7/h6-15,18,26,28H,3-5,16-17,19-21H2,1-2H3,(H3-,35,36,38,41,42,43);(H,6,7)/t26-,28+,40?;/m1./s1. The molecule has 2 aliphatic rings. The summed E-state index contributed by atoms with van der Waals surface area (Å²) in [6.07, 6.45) is -2.77. The monoisotopic (exact) mass is 740 g/mol. The van der Waals surface area contributed by atoms with Gasteiger partial charge in [-0.05, 0) is 73.0 Å². The molecule has 4 N–H and O–H groups in total. The number of likely N-dealkylation sites (tertiary alicyclic amines) is 1. The minimum Gasteiger partial charge on any atom is -0.542 e. The van der Waals surface area contributed by atoms with Crippen molar-refractivity contribution in [3.63, 3.8) is 0 Å². The number of benzene rings is 3. The van der Waals surface area contributed by atoms with Crippen molar-refractivity contribution in [3.05, 3.63) is 83.7 Å². The van der Waals surface area contributed by atoms with E-state index in [4.69, 9.17) is 29.6 Å². The van der Waals surface area contributed by atoms with E-state index in [-0.39, 0.29) is 25.0 Å². The first kappa shape index (κ1) is 38.4. The molecular formula is C36H39F3N6O8. The number of carboxylic acids is 1. The second-order valence-electron chi connectivity index (χ2n) is 13.0. The lowest BCUT2D eigenvalue weighted by Gasteiger charge is -2.46. The molecule has 3 atom stereocenters. The van der Waals surface area contributed by atoms with Crippen molar-refractivity contribution in [2.75, 3.05) is 32.2 Å². The Morgan fingerprint density at radius 1 is 1.06 bits per heavy atom. The molecule has 17 heteroatoms. The molecule has 6 rings (SSSR count). The second kappa shape index (κ2) is 16.2. The number of hydrogen-bond acceptors (Lipinski definition) is 10. The van der Waals surface area contributed by atoms with E-state index in [1.165, 1.54) is 0 Å². The zero-order valence-corrected chi connectivity index (χ0v) is 29.0. The number of anilines is 1. The van der Waals surface area contributed by atoms with Crippen molar-refractivity contribution in [3.8, 4) is 28.6 Å². The summed E-state index contributed by atoms with van der Waals surface area (Å²) in [5, 5.41) is 25.6. The third kappa shape index (κ3) is 9.94. The van der Waals surface area contributed by atoms with Crippen molar-refractivity contribution < 1.29 is 56.2 Å². The molecule has 282 valence electrons. The number of alkyl halides is 3. The number of nitrogens with two attached hydrogens (primary N) is 1. The molecule has 2 aliphatic heterocycles. The lowest BCUT2D eigenvalue weighted by Crippen LogP contribution is -2.62. The molecule has 1 unspecified atom stereocenters. The molecular weight excluding hydrogens is 701 g/mol. The van der Waals surface area contributed by atoms with Gasteiger partial charge < -0.3 is 49.4 Å². The number of phenolic OH excluding ortho intramolecular Hbond substituents is 1. The van der Waals surface area contributed by atoms with E-state index in [0.717, 1.165) is 54.1 Å². The van der Waals surface area contributed by atoms with Gasteiger partial charge in [0.05, 0.1) is 26.2 Å². The summed E-state index contributed by atoms with van der Waals surface area (Å²) in [6.45, 7) is 4.41. The molecule has 0 radical (unpaired) electrons. The molecule has 1 aromatic heterocycles. The molecule has 1 saturated heterocycles. The number of likely N-dealkylation sites (N-methyl/N-ethyl adjacent to an activating group) is 1. The van der Waals surface area contributed by atoms with Gasteiger partial charge in [0.2, 0.25) is 24.4 Å². The maximum Gasteiger partial charge on any atom is 0.430 e. The number of nitrogens with zero attached hydrogens (tertiary/aromatic N) is 4. The number of carboxylic acid groups (broad SMARTS) is 1. The molecule has 0 saturated carbocycles. The van der Waals surface area contributed by atoms with E-state index in [1.54, 1.807) is 41.3 Å². The number of aromatic nitrogens is 2. The molecule has 53 heavy (non-hydrogen) atoms. The summed E-state index contributed by atoms with van der Waals surface area (Å²) in [5.74, 6) is -0.998. The number of carbonyl (C=O) groups is 3. The first-order valence-corrected chi connectivity index (χ1v) is 16.7. The highest BCUT2D eigenvalue weighted by Gasteiger charge is 2.41. The van der Waals surface area contributed by atoms with Gasteiger partial charge in [-0.1, -0.05) is 24.2 Å². The Hall–Kier alpha value is -5.84. The molecule has 0 aliphatic carbocycles. The number of ether oxygens (including phenoxy) is 2. The molecule has 3 heterocycles. The number of aliphatic carboxylic acids is 1. The van der Waals surface area contributed by atoms with Crippen LogP contribution in [0.25, 0.3) is 11.4 Å². The Labute approximate surface area is 302 Å². The van der Waals surface area contributed by atoms with Crippen LogP contribution < -0.4 is 25.6 Å². The highest BCUT2D eigenvalue weighted by atomic mass is 19.4. The fourth-order valence-electron chi connectivity index (χ4n) is 6.41. The van der Waals surface area contributed by atoms with Gasteiger partial charge in [0.25, 0.3) is 0 Å². The summed E-state index contributed by atoms with van der Waals surface area (Å²) in [4.78, 5) is 42.1. The van der Waals surface area contributed by atoms with Crippen LogP contribution in [0.4, 0.5) is 23.7 Å². The van der Waals surface area contributed by atoms with Crippen LogP contribution in [0.2, 0.25) is 0 Å². The van der Waals surface area contributed by atoms with Crippen LogP contribution in [0.15, 0.2) is 71.3 Å². The fourth-order valence-corrected chi connectivity index (χ4v) is 6.41. The average molecular weight is 741 g/mol. The normalized spacial score (nSPS) is 18.3. The van der Waals surface area contributed by atoms with Crippen molar-refractivity contribution >= 4 is 23.6 Å². The summed E-state index contributed by atoms with van der Waals surface area (Å²) in [5.41, 5.74) is 9.22. The zero-order valence-electron chi connectivity index (χ0n) is 29.0. The first-order valence-electron chi connectivity index (χ1n) is 16.7. The number of carbonyl (C=O) groups excluding carboxylic acids is 3. The Bertz CT molecular complexity index is 1900. The van der Waals surface area contributed by atoms with E-state index in [0.29, 0.717) is 34.9 Å². The van der Waals surface area contributed by atoms with Gasteiger partial charge in [0.1, 0.15) is 24.3 Å². The van der Waals surface area contributed by atoms with Crippen molar-refractivity contribution in [2.24, 2.45) is 5.73 Å². The lowest BCUT2D eigenvalue weighted by molar-refractivity contribution is -0.928. The van der Waals surface area contributed by atoms with Gasteiger partial charge in [0.15, 0.2) is 11.5 Å². The number of urea groups is 1. The summed E-state index contributed by atoms with van der Waals surface area (Å²) in [6, 6.07) is 18.2. The van der Waals surface area contributed by atoms with E-state index in [9.17, 15) is 27.9 Å². The Kier molecular flexibility index (Phi) is 11.8. The van der Waals surface area contributed by atoms with Gasteiger partial charge in [-0.15, -0.1) is 0 Å². The van der Waals surface area contributed by atoms with Gasteiger partial charge in [-0.3, -0.25) is 4.79 Å². The van der Waals surface area contributed by atoms with Crippen LogP contribution in [-0.2, 0) is 29.0 Å². The average Bonchev–Trinajstić information content (AvgIpc) is 3.79. The zero-order chi connectivity index (χ0) is 38.3. The number of nitrogens with one attached hydrogen (secondary N) is 1. The van der Waals surface area contributed by atoms with Crippen molar-refractivity contribution in [1.82, 2.24) is 15.0 Å². The second-order valence-corrected chi connectivity index (χ2v) is 13.0. The number of phenols is 1. The highest BCUT2D eigenvalue weighted by molar-refractivity contribution is 5.94. The predicted molar refractivity (Wildman–Crippen MR) is 181 cm³/mol. The topological polar surface area (TPSA) is 193 Å². The molecule has 14 nitrogen and oxygen atoms in total. The Morgan fingerprint density at radius 3 is 2.34 bits per heavy atom. The van der Waals surface area contributed by atoms with Crippen LogP contribution in [0.3, 0.4) is 0 Å². The number of quaternary nitrogens is 1. The van der Waals surface area contributed by atoms with Crippen molar-refractivity contribution in [2.45, 2.75) is 57.4 Å². The van der Waals surface area contributed by atoms with Crippen molar-refractivity contribution in [1.29, 1.82) is 0 Å². The van der Waals surface area contributed by atoms with Crippen LogP contribution in [0, 0.1) is 0 Å². The van der Waals surface area contributed by atoms with Gasteiger partial charge in [-0.2, -0.15) is 18.2 Å². The molecule has 3 aromatic carbocycles. The molecule has 3 amide bonds. The maximum absolute atomic E-state index is 14.2. The summed E-state index contributed by atoms with van der Waals surface area (Å²) in [7, 11) is 2.17. The number of aromatic hydroxyl groups is 1. The Balaban J connectivity index is 0.000000705. The quantitative estimate of drug-likeness (QED) is 0.202. The van der Waals surface area contributed by atoms with E-state index in [2.05, 4.69) is 22.5 Å². The number of piperidine rings is 1. The number of fused-ring (bicyclic) bond motifs is 1. The minimum atomic E-state index is -5.19. The smallest absolute Gasteiger partial charge is 0.430 e. The van der Waals surface area contributed by atoms with E-state index in [1.807, 2.05) is 37.3 Å². The molecule has 1 fully saturated rings. The number of rotatable bonds is 10. The predicted octanol–water partition coefficient (Wildman–Crippen LogP) is 3.77. The summed E-state index contributed by atoms with van der Waals surface area (Å²) < 4.78 is 48.5.